The van der Waals surface area contributed by atoms with Gasteiger partial charge in [-0.1, -0.05) is 12.1 Å². The van der Waals surface area contributed by atoms with Gasteiger partial charge in [-0.3, -0.25) is 4.79 Å². The summed E-state index contributed by atoms with van der Waals surface area (Å²) in [6.07, 6.45) is 0.663. The zero-order chi connectivity index (χ0) is 9.84. The summed E-state index contributed by atoms with van der Waals surface area (Å²) in [7, 11) is -0.189. The van der Waals surface area contributed by atoms with Crippen LogP contribution in [0.2, 0.25) is 0 Å². The van der Waals surface area contributed by atoms with Crippen LogP contribution >= 0.6 is 0 Å². The molecule has 0 atom stereocenters. The predicted molar refractivity (Wildman–Crippen MR) is 48.2 cm³/mol. The molecular formula is C8H9BO4. The highest BCUT2D eigenvalue weighted by Gasteiger charge is 2.16. The number of hydrogen-bond acceptors (Lipinski definition) is 4. The second kappa shape index (κ2) is 4.07. The Labute approximate surface area is 75.9 Å². The largest absolute Gasteiger partial charge is 0.497 e. The van der Waals surface area contributed by atoms with Gasteiger partial charge in [0.25, 0.3) is 0 Å². The first-order valence-corrected chi connectivity index (χ1v) is 3.68. The Balaban J connectivity index is 3.15. The molecule has 0 fully saturated rings. The van der Waals surface area contributed by atoms with Crippen LogP contribution in [0.4, 0.5) is 0 Å². The van der Waals surface area contributed by atoms with Gasteiger partial charge in [0, 0.05) is 11.0 Å². The molecule has 0 aromatic heterocycles. The van der Waals surface area contributed by atoms with E-state index in [-0.39, 0.29) is 5.46 Å². The van der Waals surface area contributed by atoms with Crippen molar-refractivity contribution in [3.8, 4) is 5.75 Å². The predicted octanol–water partition coefficient (Wildman–Crippen LogP) is -0.813. The standard InChI is InChI=1S/C8H9BO4/c1-13-8-4-6(5-10)2-3-7(8)9(11)12/h2-5,11-12H,1H3. The van der Waals surface area contributed by atoms with Crippen LogP contribution in [0.25, 0.3) is 0 Å². The summed E-state index contributed by atoms with van der Waals surface area (Å²) in [4.78, 5) is 10.4. The zero-order valence-electron chi connectivity index (χ0n) is 7.10. The Morgan fingerprint density at radius 1 is 1.46 bits per heavy atom. The SMILES string of the molecule is COc1cc(C=O)ccc1B(O)O. The maximum atomic E-state index is 10.4. The van der Waals surface area contributed by atoms with Gasteiger partial charge in [0.1, 0.15) is 12.0 Å². The van der Waals surface area contributed by atoms with E-state index in [9.17, 15) is 4.79 Å². The minimum atomic E-state index is -1.59. The zero-order valence-corrected chi connectivity index (χ0v) is 7.10. The third-order valence-electron chi connectivity index (χ3n) is 1.67. The molecule has 0 spiro atoms. The fraction of sp³-hybridized carbons (Fsp3) is 0.125. The molecule has 0 saturated carbocycles. The maximum absolute atomic E-state index is 10.4. The van der Waals surface area contributed by atoms with Crippen LogP contribution < -0.4 is 10.2 Å². The van der Waals surface area contributed by atoms with Gasteiger partial charge in [0.2, 0.25) is 0 Å². The Bertz CT molecular complexity index is 311. The van der Waals surface area contributed by atoms with Gasteiger partial charge < -0.3 is 14.8 Å². The molecule has 0 radical (unpaired) electrons. The molecule has 0 amide bonds. The summed E-state index contributed by atoms with van der Waals surface area (Å²) in [6, 6.07) is 4.37. The Kier molecular flexibility index (Phi) is 3.05. The fourth-order valence-electron chi connectivity index (χ4n) is 1.01. The summed E-state index contributed by atoms with van der Waals surface area (Å²) < 4.78 is 4.87. The molecule has 0 saturated heterocycles. The lowest BCUT2D eigenvalue weighted by Gasteiger charge is -2.07. The van der Waals surface area contributed by atoms with Crippen molar-refractivity contribution in [1.82, 2.24) is 0 Å². The van der Waals surface area contributed by atoms with E-state index in [1.54, 1.807) is 0 Å². The van der Waals surface area contributed by atoms with E-state index in [2.05, 4.69) is 0 Å². The molecule has 13 heavy (non-hydrogen) atoms. The summed E-state index contributed by atoms with van der Waals surface area (Å²) in [5.74, 6) is 0.291. The molecule has 2 N–H and O–H groups in total. The molecule has 4 nitrogen and oxygen atoms in total. The lowest BCUT2D eigenvalue weighted by molar-refractivity contribution is 0.112. The number of rotatable bonds is 3. The first-order chi connectivity index (χ1) is 6.19. The molecule has 0 heterocycles. The molecule has 0 bridgehead atoms. The number of carbonyl (C=O) groups is 1. The van der Waals surface area contributed by atoms with Crippen molar-refractivity contribution in [3.63, 3.8) is 0 Å². The van der Waals surface area contributed by atoms with Gasteiger partial charge in [-0.25, -0.2) is 0 Å². The van der Waals surface area contributed by atoms with Crippen molar-refractivity contribution in [3.05, 3.63) is 23.8 Å². The van der Waals surface area contributed by atoms with Gasteiger partial charge in [-0.15, -0.1) is 0 Å². The molecule has 1 aromatic rings. The van der Waals surface area contributed by atoms with E-state index in [1.165, 1.54) is 25.3 Å². The summed E-state index contributed by atoms with van der Waals surface area (Å²) in [5.41, 5.74) is 0.675. The quantitative estimate of drug-likeness (QED) is 0.471. The first-order valence-electron chi connectivity index (χ1n) is 3.68. The molecule has 1 aromatic carbocycles. The smallest absolute Gasteiger partial charge is 0.492 e. The van der Waals surface area contributed by atoms with Crippen LogP contribution in [0.5, 0.6) is 5.75 Å². The van der Waals surface area contributed by atoms with Crippen LogP contribution in [0, 0.1) is 0 Å². The number of carbonyl (C=O) groups excluding carboxylic acids is 1. The first kappa shape index (κ1) is 9.76. The van der Waals surface area contributed by atoms with Crippen molar-refractivity contribution in [2.75, 3.05) is 7.11 Å². The Morgan fingerprint density at radius 3 is 2.62 bits per heavy atom. The van der Waals surface area contributed by atoms with Crippen molar-refractivity contribution in [1.29, 1.82) is 0 Å². The number of benzene rings is 1. The lowest BCUT2D eigenvalue weighted by atomic mass is 9.79. The number of methoxy groups -OCH3 is 1. The minimum Gasteiger partial charge on any atom is -0.497 e. The Morgan fingerprint density at radius 2 is 2.15 bits per heavy atom. The van der Waals surface area contributed by atoms with E-state index in [4.69, 9.17) is 14.8 Å². The normalized spacial score (nSPS) is 9.46. The van der Waals surface area contributed by atoms with E-state index in [1.807, 2.05) is 0 Å². The minimum absolute atomic E-state index is 0.244. The van der Waals surface area contributed by atoms with Gasteiger partial charge in [0.05, 0.1) is 7.11 Å². The van der Waals surface area contributed by atoms with Gasteiger partial charge in [0.15, 0.2) is 0 Å². The van der Waals surface area contributed by atoms with Crippen LogP contribution in [0.15, 0.2) is 18.2 Å². The number of aldehydes is 1. The van der Waals surface area contributed by atoms with E-state index in [0.29, 0.717) is 17.6 Å². The van der Waals surface area contributed by atoms with Crippen LogP contribution in [-0.2, 0) is 0 Å². The average molecular weight is 180 g/mol. The molecule has 1 rings (SSSR count). The van der Waals surface area contributed by atoms with Crippen molar-refractivity contribution in [2.45, 2.75) is 0 Å². The molecular weight excluding hydrogens is 171 g/mol. The van der Waals surface area contributed by atoms with Crippen LogP contribution in [0.1, 0.15) is 10.4 Å². The Hall–Kier alpha value is -1.33. The summed E-state index contributed by atoms with van der Waals surface area (Å²) >= 11 is 0. The lowest BCUT2D eigenvalue weighted by Crippen LogP contribution is -2.31. The van der Waals surface area contributed by atoms with Crippen molar-refractivity contribution in [2.24, 2.45) is 0 Å². The highest BCUT2D eigenvalue weighted by molar-refractivity contribution is 6.59. The number of hydrogen-bond donors (Lipinski definition) is 2. The fourth-order valence-corrected chi connectivity index (χ4v) is 1.01. The highest BCUT2D eigenvalue weighted by atomic mass is 16.5. The second-order valence-electron chi connectivity index (χ2n) is 2.49. The molecule has 5 heteroatoms. The number of ether oxygens (including phenoxy) is 1. The average Bonchev–Trinajstić information content (AvgIpc) is 2.16. The highest BCUT2D eigenvalue weighted by Crippen LogP contribution is 2.09. The van der Waals surface area contributed by atoms with Gasteiger partial charge >= 0.3 is 7.12 Å². The van der Waals surface area contributed by atoms with Gasteiger partial charge in [-0.05, 0) is 6.07 Å². The monoisotopic (exact) mass is 180 g/mol. The van der Waals surface area contributed by atoms with E-state index in [0.717, 1.165) is 0 Å². The van der Waals surface area contributed by atoms with Gasteiger partial charge in [-0.2, -0.15) is 0 Å². The van der Waals surface area contributed by atoms with E-state index < -0.39 is 7.12 Å². The van der Waals surface area contributed by atoms with Crippen molar-refractivity contribution < 1.29 is 19.6 Å². The summed E-state index contributed by atoms with van der Waals surface area (Å²) in [6.45, 7) is 0. The van der Waals surface area contributed by atoms with Crippen molar-refractivity contribution >= 4 is 18.9 Å². The summed E-state index contributed by atoms with van der Waals surface area (Å²) in [5, 5.41) is 17.8. The maximum Gasteiger partial charge on any atom is 0.492 e. The molecule has 0 aliphatic rings. The third kappa shape index (κ3) is 2.08. The topological polar surface area (TPSA) is 66.8 Å². The third-order valence-corrected chi connectivity index (χ3v) is 1.67. The molecule has 0 unspecified atom stereocenters. The van der Waals surface area contributed by atoms with Crippen LogP contribution in [-0.4, -0.2) is 30.6 Å². The second-order valence-corrected chi connectivity index (χ2v) is 2.49. The molecule has 0 aliphatic carbocycles. The van der Waals surface area contributed by atoms with Crippen LogP contribution in [0.3, 0.4) is 0 Å². The molecule has 0 aliphatic heterocycles. The molecule has 68 valence electrons. The van der Waals surface area contributed by atoms with E-state index >= 15 is 0 Å².